The fraction of sp³-hybridized carbons (Fsp3) is 0.316. The highest BCUT2D eigenvalue weighted by Gasteiger charge is 2.54. The molecular weight excluding hydrogens is 582 g/mol. The van der Waals surface area contributed by atoms with Gasteiger partial charge >= 0.3 is 16.4 Å². The first-order chi connectivity index (χ1) is 18.4. The number of nitro groups is 1. The summed E-state index contributed by atoms with van der Waals surface area (Å²) in [6.45, 7) is -0.197. The molecule has 1 aliphatic rings. The zero-order chi connectivity index (χ0) is 28.7. The topological polar surface area (TPSA) is 246 Å². The molecule has 1 saturated heterocycles. The molecule has 39 heavy (non-hydrogen) atoms. The van der Waals surface area contributed by atoms with Crippen LogP contribution in [0, 0.1) is 10.1 Å². The molecular formula is C19H21N7O10S3. The number of nitrogens with zero attached hydrogens (tertiary/aromatic N) is 4. The molecule has 0 saturated carbocycles. The molecule has 1 aromatic heterocycles. The molecule has 1 aliphatic heterocycles. The van der Waals surface area contributed by atoms with Crippen LogP contribution in [0.3, 0.4) is 0 Å². The molecule has 5 N–H and O–H groups in total. The molecule has 2 aromatic rings. The summed E-state index contributed by atoms with van der Waals surface area (Å²) >= 11 is 1.88. The predicted octanol–water partition coefficient (Wildman–Crippen LogP) is 0.0995. The van der Waals surface area contributed by atoms with Gasteiger partial charge in [-0.3, -0.25) is 24.3 Å². The van der Waals surface area contributed by atoms with Crippen LogP contribution in [-0.4, -0.2) is 81.6 Å². The lowest BCUT2D eigenvalue weighted by atomic mass is 10.1. The van der Waals surface area contributed by atoms with Crippen molar-refractivity contribution in [3.63, 3.8) is 0 Å². The second-order valence-corrected chi connectivity index (χ2v) is 10.8. The number of carbonyl (C=O) groups is 3. The molecule has 1 aromatic carbocycles. The number of aromatic nitrogens is 1. The van der Waals surface area contributed by atoms with Crippen molar-refractivity contribution in [2.24, 2.45) is 5.16 Å². The lowest BCUT2D eigenvalue weighted by molar-refractivity contribution is -0.384. The Morgan fingerprint density at radius 2 is 2.05 bits per heavy atom. The molecule has 0 radical (unpaired) electrons. The zero-order valence-corrected chi connectivity index (χ0v) is 22.3. The van der Waals surface area contributed by atoms with Gasteiger partial charge in [-0.25, -0.2) is 9.78 Å². The third kappa shape index (κ3) is 7.52. The molecule has 2 atom stereocenters. The average Bonchev–Trinajstić information content (AvgIpc) is 3.31. The summed E-state index contributed by atoms with van der Waals surface area (Å²) < 4.78 is 38.0. The molecule has 2 heterocycles. The van der Waals surface area contributed by atoms with E-state index in [9.17, 15) is 37.5 Å². The largest absolute Gasteiger partial charge is 0.445 e. The Morgan fingerprint density at radius 1 is 1.36 bits per heavy atom. The third-order valence-electron chi connectivity index (χ3n) is 4.87. The van der Waals surface area contributed by atoms with Crippen molar-refractivity contribution in [3.8, 4) is 0 Å². The van der Waals surface area contributed by atoms with Crippen LogP contribution < -0.4 is 16.4 Å². The summed E-state index contributed by atoms with van der Waals surface area (Å²) in [4.78, 5) is 55.8. The highest BCUT2D eigenvalue weighted by molar-refractivity contribution is 8.00. The summed E-state index contributed by atoms with van der Waals surface area (Å²) in [5.41, 5.74) is 5.72. The monoisotopic (exact) mass is 603 g/mol. The van der Waals surface area contributed by atoms with Crippen LogP contribution >= 0.6 is 23.1 Å². The average molecular weight is 604 g/mol. The van der Waals surface area contributed by atoms with Crippen molar-refractivity contribution >= 4 is 67.8 Å². The Balaban J connectivity index is 1.54. The number of thioether (sulfide) groups is 1. The van der Waals surface area contributed by atoms with E-state index in [2.05, 4.69) is 25.6 Å². The molecule has 0 aliphatic carbocycles. The van der Waals surface area contributed by atoms with Crippen LogP contribution in [-0.2, 0) is 36.1 Å². The standard InChI is InChI=1S/C19H21N7O10S3/c1-35-24-13(12-9-38-18(20)22-12)15(27)23-14-16(28)25(39(32,33)34)17(14)37-7-6-21-19(29)36-8-10-2-4-11(5-3-10)26(30)31/h2-5,9,14,17H,6-8H2,1H3,(H2,20,22)(H,21,29)(H,23,27)(H,32,33,34)/t14-,17-/m1/s1. The van der Waals surface area contributed by atoms with Gasteiger partial charge in [0.1, 0.15) is 30.8 Å². The number of amides is 3. The van der Waals surface area contributed by atoms with Gasteiger partial charge in [0.05, 0.1) is 4.92 Å². The molecule has 0 bridgehead atoms. The Labute approximate surface area is 228 Å². The minimum Gasteiger partial charge on any atom is -0.445 e. The van der Waals surface area contributed by atoms with Gasteiger partial charge in [0.25, 0.3) is 17.5 Å². The third-order valence-corrected chi connectivity index (χ3v) is 7.85. The lowest BCUT2D eigenvalue weighted by Gasteiger charge is -2.43. The van der Waals surface area contributed by atoms with Crippen LogP contribution in [0.2, 0.25) is 0 Å². The van der Waals surface area contributed by atoms with Crippen molar-refractivity contribution in [2.75, 3.05) is 25.1 Å². The van der Waals surface area contributed by atoms with Crippen molar-refractivity contribution in [1.29, 1.82) is 0 Å². The number of nitrogens with two attached hydrogens (primary N) is 1. The smallest absolute Gasteiger partial charge is 0.407 e. The van der Waals surface area contributed by atoms with E-state index >= 15 is 0 Å². The number of nitrogen functional groups attached to an aromatic ring is 1. The number of oxime groups is 1. The van der Waals surface area contributed by atoms with Gasteiger partial charge in [0.15, 0.2) is 10.8 Å². The van der Waals surface area contributed by atoms with E-state index in [-0.39, 0.29) is 45.4 Å². The first-order valence-corrected chi connectivity index (χ1v) is 13.9. The van der Waals surface area contributed by atoms with Crippen LogP contribution in [0.1, 0.15) is 11.3 Å². The fourth-order valence-corrected chi connectivity index (χ4v) is 5.99. The molecule has 3 amide bonds. The molecule has 1 fully saturated rings. The molecule has 0 spiro atoms. The summed E-state index contributed by atoms with van der Waals surface area (Å²) in [6, 6.07) is 4.02. The highest BCUT2D eigenvalue weighted by Crippen LogP contribution is 2.32. The predicted molar refractivity (Wildman–Crippen MR) is 138 cm³/mol. The van der Waals surface area contributed by atoms with E-state index < -0.39 is 44.6 Å². The molecule has 210 valence electrons. The number of nitrogens with one attached hydrogen (secondary N) is 2. The van der Waals surface area contributed by atoms with Crippen LogP contribution in [0.15, 0.2) is 34.8 Å². The zero-order valence-electron chi connectivity index (χ0n) is 19.9. The molecule has 20 heteroatoms. The van der Waals surface area contributed by atoms with Gasteiger partial charge in [0, 0.05) is 29.8 Å². The van der Waals surface area contributed by atoms with E-state index in [4.69, 9.17) is 10.5 Å². The summed E-state index contributed by atoms with van der Waals surface area (Å²) in [7, 11) is -3.76. The number of nitro benzene ring substituents is 1. The van der Waals surface area contributed by atoms with E-state index in [1.54, 1.807) is 0 Å². The maximum atomic E-state index is 12.8. The second kappa shape index (κ2) is 12.7. The Bertz CT molecular complexity index is 1380. The van der Waals surface area contributed by atoms with Crippen LogP contribution in [0.25, 0.3) is 0 Å². The van der Waals surface area contributed by atoms with Crippen LogP contribution in [0.5, 0.6) is 0 Å². The number of non-ortho nitro benzene ring substituents is 1. The first-order valence-electron chi connectivity index (χ1n) is 10.6. The number of β-lactam (4-membered cyclic amide) rings is 1. The van der Waals surface area contributed by atoms with E-state index in [0.717, 1.165) is 23.1 Å². The van der Waals surface area contributed by atoms with Crippen molar-refractivity contribution in [3.05, 3.63) is 51.0 Å². The number of anilines is 1. The Hall–Kier alpha value is -4.01. The summed E-state index contributed by atoms with van der Waals surface area (Å²) in [6.07, 6.45) is -0.821. The number of alkyl carbamates (subject to hydrolysis) is 1. The van der Waals surface area contributed by atoms with E-state index in [0.29, 0.717) is 5.56 Å². The minimum absolute atomic E-state index is 0.0388. The molecule has 3 rings (SSSR count). The number of benzene rings is 1. The van der Waals surface area contributed by atoms with Crippen LogP contribution in [0.4, 0.5) is 15.6 Å². The van der Waals surface area contributed by atoms with Crippen molar-refractivity contribution < 1.29 is 41.9 Å². The second-order valence-electron chi connectivity index (χ2n) is 7.44. The maximum Gasteiger partial charge on any atom is 0.407 e. The van der Waals surface area contributed by atoms with E-state index in [1.807, 2.05) is 0 Å². The molecule has 17 nitrogen and oxygen atoms in total. The minimum atomic E-state index is -4.94. The van der Waals surface area contributed by atoms with Gasteiger partial charge in [-0.1, -0.05) is 5.16 Å². The van der Waals surface area contributed by atoms with Crippen molar-refractivity contribution in [2.45, 2.75) is 18.0 Å². The number of hydrogen-bond donors (Lipinski definition) is 4. The Morgan fingerprint density at radius 3 is 2.62 bits per heavy atom. The maximum absolute atomic E-state index is 12.8. The fourth-order valence-electron chi connectivity index (χ4n) is 3.13. The lowest BCUT2D eigenvalue weighted by Crippen LogP contribution is -2.71. The Kier molecular flexibility index (Phi) is 9.61. The number of thiazole rings is 1. The first kappa shape index (κ1) is 29.5. The van der Waals surface area contributed by atoms with E-state index in [1.165, 1.54) is 36.8 Å². The quantitative estimate of drug-likeness (QED) is 0.0628. The van der Waals surface area contributed by atoms with Gasteiger partial charge in [-0.15, -0.1) is 23.1 Å². The number of hydrogen-bond acceptors (Lipinski definition) is 14. The number of carbonyl (C=O) groups excluding carboxylic acids is 3. The summed E-state index contributed by atoms with van der Waals surface area (Å²) in [5, 5.41) is 19.4. The van der Waals surface area contributed by atoms with Gasteiger partial charge in [-0.05, 0) is 17.7 Å². The number of rotatable bonds is 12. The van der Waals surface area contributed by atoms with Gasteiger partial charge in [-0.2, -0.15) is 12.7 Å². The van der Waals surface area contributed by atoms with Gasteiger partial charge < -0.3 is 25.9 Å². The number of ether oxygens (including phenoxy) is 1. The highest BCUT2D eigenvalue weighted by atomic mass is 32.2. The summed E-state index contributed by atoms with van der Waals surface area (Å²) in [5.74, 6) is -1.95. The molecule has 0 unspecified atom stereocenters. The van der Waals surface area contributed by atoms with Crippen molar-refractivity contribution in [1.82, 2.24) is 19.9 Å². The van der Waals surface area contributed by atoms with Gasteiger partial charge in [0.2, 0.25) is 0 Å². The SMILES string of the molecule is CON=C(C(=O)N[C@@H]1C(=O)N(S(=O)(=O)O)[C@@H]1SCCNC(=O)OCc1ccc([N+](=O)[O-])cc1)c1csc(N)n1. The normalized spacial score (nSPS) is 17.2.